The van der Waals surface area contributed by atoms with Gasteiger partial charge in [0.15, 0.2) is 0 Å². The van der Waals surface area contributed by atoms with Gasteiger partial charge in [-0.1, -0.05) is 17.7 Å². The van der Waals surface area contributed by atoms with Crippen LogP contribution in [0.15, 0.2) is 71.6 Å². The number of sulfonamides is 1. The van der Waals surface area contributed by atoms with Crippen LogP contribution in [0.4, 0.5) is 22.7 Å². The third-order valence-electron chi connectivity index (χ3n) is 4.36. The van der Waals surface area contributed by atoms with E-state index in [4.69, 9.17) is 0 Å². The van der Waals surface area contributed by atoms with Crippen molar-refractivity contribution in [3.8, 4) is 0 Å². The second-order valence-corrected chi connectivity index (χ2v) is 8.35. The van der Waals surface area contributed by atoms with E-state index in [1.165, 1.54) is 36.4 Å². The van der Waals surface area contributed by atoms with Gasteiger partial charge in [0, 0.05) is 17.4 Å². The standard InChI is InChI=1S/C20H16N4O7S/c1-13-2-9-17(10-3-13)32(30,31)22-15-6-4-14(5-7-15)21-20(25)18-11-8-16(23(26)27)12-19(18)24(28)29/h2-12,22H,1H3,(H,21,25). The number of rotatable bonds is 7. The molecule has 2 N–H and O–H groups in total. The van der Waals surface area contributed by atoms with Gasteiger partial charge < -0.3 is 5.32 Å². The second-order valence-electron chi connectivity index (χ2n) is 6.67. The Morgan fingerprint density at radius 1 is 0.844 bits per heavy atom. The Labute approximate surface area is 182 Å². The first kappa shape index (κ1) is 22.4. The molecule has 0 unspecified atom stereocenters. The van der Waals surface area contributed by atoms with E-state index >= 15 is 0 Å². The molecule has 0 aromatic heterocycles. The highest BCUT2D eigenvalue weighted by molar-refractivity contribution is 7.92. The summed E-state index contributed by atoms with van der Waals surface area (Å²) in [6, 6.07) is 14.6. The summed E-state index contributed by atoms with van der Waals surface area (Å²) in [6.45, 7) is 1.84. The molecule has 1 amide bonds. The van der Waals surface area contributed by atoms with Crippen LogP contribution in [0, 0.1) is 27.2 Å². The average molecular weight is 456 g/mol. The molecule has 0 saturated carbocycles. The van der Waals surface area contributed by atoms with E-state index in [-0.39, 0.29) is 21.8 Å². The van der Waals surface area contributed by atoms with Gasteiger partial charge in [0.2, 0.25) is 0 Å². The maximum atomic E-state index is 12.4. The third-order valence-corrected chi connectivity index (χ3v) is 5.76. The maximum absolute atomic E-state index is 12.4. The molecule has 11 nitrogen and oxygen atoms in total. The minimum absolute atomic E-state index is 0.0889. The van der Waals surface area contributed by atoms with Crippen LogP contribution >= 0.6 is 0 Å². The zero-order valence-electron chi connectivity index (χ0n) is 16.5. The molecule has 0 atom stereocenters. The molecule has 0 fully saturated rings. The number of nitrogens with one attached hydrogen (secondary N) is 2. The van der Waals surface area contributed by atoms with E-state index in [1.54, 1.807) is 12.1 Å². The smallest absolute Gasteiger partial charge is 0.289 e. The second kappa shape index (κ2) is 8.81. The Morgan fingerprint density at radius 3 is 2.00 bits per heavy atom. The molecular formula is C20H16N4O7S. The first-order chi connectivity index (χ1) is 15.1. The van der Waals surface area contributed by atoms with Crippen LogP contribution < -0.4 is 10.0 Å². The van der Waals surface area contributed by atoms with Gasteiger partial charge in [0.25, 0.3) is 27.3 Å². The van der Waals surface area contributed by atoms with Gasteiger partial charge in [-0.2, -0.15) is 0 Å². The van der Waals surface area contributed by atoms with Gasteiger partial charge in [0.05, 0.1) is 20.8 Å². The maximum Gasteiger partial charge on any atom is 0.289 e. The largest absolute Gasteiger partial charge is 0.322 e. The predicted molar refractivity (Wildman–Crippen MR) is 116 cm³/mol. The van der Waals surface area contributed by atoms with E-state index in [2.05, 4.69) is 10.0 Å². The molecule has 0 bridgehead atoms. The SMILES string of the molecule is Cc1ccc(S(=O)(=O)Nc2ccc(NC(=O)c3ccc([N+](=O)[O-])cc3[N+](=O)[O-])cc2)cc1. The van der Waals surface area contributed by atoms with Gasteiger partial charge in [-0.05, 0) is 49.4 Å². The van der Waals surface area contributed by atoms with E-state index in [1.807, 2.05) is 6.92 Å². The van der Waals surface area contributed by atoms with Crippen molar-refractivity contribution in [3.05, 3.63) is 98.1 Å². The Balaban J connectivity index is 1.76. The molecule has 0 heterocycles. The normalized spacial score (nSPS) is 10.9. The Bertz CT molecular complexity index is 1300. The molecule has 164 valence electrons. The summed E-state index contributed by atoms with van der Waals surface area (Å²) in [5.41, 5.74) is -0.189. The van der Waals surface area contributed by atoms with Crippen molar-refractivity contribution in [1.82, 2.24) is 0 Å². The molecule has 0 radical (unpaired) electrons. The molecule has 0 spiro atoms. The molecule has 32 heavy (non-hydrogen) atoms. The van der Waals surface area contributed by atoms with E-state index in [0.29, 0.717) is 6.07 Å². The molecule has 3 aromatic rings. The predicted octanol–water partition coefficient (Wildman–Crippen LogP) is 3.86. The van der Waals surface area contributed by atoms with Crippen molar-refractivity contribution < 1.29 is 23.1 Å². The Morgan fingerprint density at radius 2 is 1.44 bits per heavy atom. The van der Waals surface area contributed by atoms with Crippen LogP contribution in [0.25, 0.3) is 0 Å². The van der Waals surface area contributed by atoms with Crippen molar-refractivity contribution in [3.63, 3.8) is 0 Å². The molecule has 0 aliphatic heterocycles. The molecule has 3 rings (SSSR count). The first-order valence-electron chi connectivity index (χ1n) is 9.00. The first-order valence-corrected chi connectivity index (χ1v) is 10.5. The summed E-state index contributed by atoms with van der Waals surface area (Å²) in [5.74, 6) is -0.848. The number of carbonyl (C=O) groups is 1. The van der Waals surface area contributed by atoms with Gasteiger partial charge in [-0.3, -0.25) is 29.7 Å². The minimum Gasteiger partial charge on any atom is -0.322 e. The lowest BCUT2D eigenvalue weighted by Crippen LogP contribution is -2.15. The third kappa shape index (κ3) is 5.05. The van der Waals surface area contributed by atoms with Gasteiger partial charge >= 0.3 is 0 Å². The number of hydrogen-bond acceptors (Lipinski definition) is 7. The van der Waals surface area contributed by atoms with Crippen LogP contribution in [0.3, 0.4) is 0 Å². The molecule has 0 aliphatic rings. The number of non-ortho nitro benzene ring substituents is 1. The number of nitro benzene ring substituents is 2. The number of aryl methyl sites for hydroxylation is 1. The van der Waals surface area contributed by atoms with E-state index in [0.717, 1.165) is 17.7 Å². The van der Waals surface area contributed by atoms with Gasteiger partial charge in [-0.15, -0.1) is 0 Å². The lowest BCUT2D eigenvalue weighted by molar-refractivity contribution is -0.394. The summed E-state index contributed by atoms with van der Waals surface area (Å²) in [4.78, 5) is 32.9. The number of hydrogen-bond donors (Lipinski definition) is 2. The number of carbonyl (C=O) groups excluding carboxylic acids is 1. The monoisotopic (exact) mass is 456 g/mol. The summed E-state index contributed by atoms with van der Waals surface area (Å²) in [5, 5.41) is 24.5. The van der Waals surface area contributed by atoms with Crippen molar-refractivity contribution >= 4 is 38.7 Å². The van der Waals surface area contributed by atoms with Crippen molar-refractivity contribution in [2.75, 3.05) is 10.0 Å². The number of amides is 1. The minimum atomic E-state index is -3.80. The summed E-state index contributed by atoms with van der Waals surface area (Å²) in [6.07, 6.45) is 0. The van der Waals surface area contributed by atoms with Gasteiger partial charge in [-0.25, -0.2) is 8.42 Å². The molecule has 3 aromatic carbocycles. The average Bonchev–Trinajstić information content (AvgIpc) is 2.74. The Hall–Kier alpha value is -4.32. The highest BCUT2D eigenvalue weighted by atomic mass is 32.2. The summed E-state index contributed by atoms with van der Waals surface area (Å²) < 4.78 is 27.3. The number of nitrogens with zero attached hydrogens (tertiary/aromatic N) is 2. The fraction of sp³-hybridized carbons (Fsp3) is 0.0500. The van der Waals surface area contributed by atoms with Crippen LogP contribution in [-0.4, -0.2) is 24.2 Å². The quantitative estimate of drug-likeness (QED) is 0.403. The fourth-order valence-electron chi connectivity index (χ4n) is 2.73. The fourth-order valence-corrected chi connectivity index (χ4v) is 3.79. The summed E-state index contributed by atoms with van der Waals surface area (Å²) >= 11 is 0. The van der Waals surface area contributed by atoms with Crippen molar-refractivity contribution in [2.24, 2.45) is 0 Å². The highest BCUT2D eigenvalue weighted by Gasteiger charge is 2.24. The molecule has 0 aliphatic carbocycles. The molecule has 12 heteroatoms. The van der Waals surface area contributed by atoms with Crippen molar-refractivity contribution in [2.45, 2.75) is 11.8 Å². The summed E-state index contributed by atoms with van der Waals surface area (Å²) in [7, 11) is -3.80. The highest BCUT2D eigenvalue weighted by Crippen LogP contribution is 2.26. The van der Waals surface area contributed by atoms with Gasteiger partial charge in [0.1, 0.15) is 5.56 Å². The zero-order valence-corrected chi connectivity index (χ0v) is 17.3. The molecule has 0 saturated heterocycles. The van der Waals surface area contributed by atoms with Crippen molar-refractivity contribution in [1.29, 1.82) is 0 Å². The van der Waals surface area contributed by atoms with Crippen LogP contribution in [0.1, 0.15) is 15.9 Å². The lowest BCUT2D eigenvalue weighted by Gasteiger charge is -2.10. The topological polar surface area (TPSA) is 162 Å². The lowest BCUT2D eigenvalue weighted by atomic mass is 10.1. The van der Waals surface area contributed by atoms with Crippen LogP contribution in [0.5, 0.6) is 0 Å². The van der Waals surface area contributed by atoms with E-state index < -0.39 is 37.2 Å². The number of nitro groups is 2. The number of benzene rings is 3. The van der Waals surface area contributed by atoms with Crippen LogP contribution in [-0.2, 0) is 10.0 Å². The Kier molecular flexibility index (Phi) is 6.16. The molecular weight excluding hydrogens is 440 g/mol. The zero-order chi connectivity index (χ0) is 23.5. The van der Waals surface area contributed by atoms with E-state index in [9.17, 15) is 33.4 Å². The van der Waals surface area contributed by atoms with Crippen LogP contribution in [0.2, 0.25) is 0 Å². The number of anilines is 2.